The summed E-state index contributed by atoms with van der Waals surface area (Å²) in [7, 11) is -4.11. The number of hydrogen-bond donors (Lipinski definition) is 1. The van der Waals surface area contributed by atoms with Crippen molar-refractivity contribution >= 4 is 15.7 Å². The molecule has 0 unspecified atom stereocenters. The van der Waals surface area contributed by atoms with Gasteiger partial charge in [0.25, 0.3) is 10.0 Å². The van der Waals surface area contributed by atoms with E-state index in [4.69, 9.17) is 4.74 Å². The zero-order chi connectivity index (χ0) is 23.0. The largest absolute Gasteiger partial charge is 0.451 e. The number of rotatable bonds is 5. The zero-order valence-corrected chi connectivity index (χ0v) is 16.4. The average molecular weight is 461 g/mol. The van der Waals surface area contributed by atoms with E-state index in [1.54, 1.807) is 19.1 Å². The maximum Gasteiger partial charge on any atom is 0.416 e. The van der Waals surface area contributed by atoms with Crippen molar-refractivity contribution in [2.24, 2.45) is 0 Å². The number of ether oxygens (including phenoxy) is 1. The van der Waals surface area contributed by atoms with Gasteiger partial charge in [-0.3, -0.25) is 4.72 Å². The Morgan fingerprint density at radius 1 is 0.839 bits per heavy atom. The molecule has 0 aliphatic rings. The smallest absolute Gasteiger partial charge is 0.416 e. The molecule has 31 heavy (non-hydrogen) atoms. The summed E-state index contributed by atoms with van der Waals surface area (Å²) in [5, 5.41) is 0. The summed E-state index contributed by atoms with van der Waals surface area (Å²) in [5.41, 5.74) is -1.21. The Morgan fingerprint density at radius 3 is 1.94 bits per heavy atom. The van der Waals surface area contributed by atoms with Crippen molar-refractivity contribution in [3.63, 3.8) is 0 Å². The van der Waals surface area contributed by atoms with Gasteiger partial charge >= 0.3 is 6.18 Å². The van der Waals surface area contributed by atoms with Gasteiger partial charge in [-0.1, -0.05) is 17.7 Å². The van der Waals surface area contributed by atoms with E-state index in [9.17, 15) is 34.8 Å². The lowest BCUT2D eigenvalue weighted by Crippen LogP contribution is -2.14. The van der Waals surface area contributed by atoms with E-state index in [-0.39, 0.29) is 17.0 Å². The quantitative estimate of drug-likeness (QED) is 0.473. The molecule has 0 spiro atoms. The van der Waals surface area contributed by atoms with Crippen molar-refractivity contribution in [1.82, 2.24) is 0 Å². The number of aryl methyl sites for hydroxylation is 1. The molecule has 0 fully saturated rings. The van der Waals surface area contributed by atoms with Crippen LogP contribution in [0.5, 0.6) is 11.5 Å². The summed E-state index contributed by atoms with van der Waals surface area (Å²) < 4.78 is 111. The standard InChI is InChI=1S/C20H13F6NO3S/c1-11-2-5-14(6-3-11)31(28,29)27-18-7-4-13(10-15(18)21)30-19-16(22)8-12(9-17(19)23)20(24,25)26/h2-10,27H,1H3. The first kappa shape index (κ1) is 22.5. The first-order valence-corrected chi connectivity index (χ1v) is 9.98. The number of nitrogens with one attached hydrogen (secondary N) is 1. The molecule has 3 aromatic rings. The highest BCUT2D eigenvalue weighted by atomic mass is 32.2. The van der Waals surface area contributed by atoms with Crippen LogP contribution < -0.4 is 9.46 Å². The number of alkyl halides is 3. The fraction of sp³-hybridized carbons (Fsp3) is 0.100. The van der Waals surface area contributed by atoms with Crippen molar-refractivity contribution in [3.8, 4) is 11.5 Å². The Morgan fingerprint density at radius 2 is 1.42 bits per heavy atom. The van der Waals surface area contributed by atoms with Crippen LogP contribution in [-0.4, -0.2) is 8.42 Å². The van der Waals surface area contributed by atoms with Crippen LogP contribution in [0.4, 0.5) is 32.0 Å². The Hall–Kier alpha value is -3.21. The number of hydrogen-bond acceptors (Lipinski definition) is 3. The predicted octanol–water partition coefficient (Wildman–Crippen LogP) is 6.02. The number of halogens is 6. The van der Waals surface area contributed by atoms with E-state index >= 15 is 0 Å². The van der Waals surface area contributed by atoms with Gasteiger partial charge in [-0.2, -0.15) is 13.2 Å². The van der Waals surface area contributed by atoms with Gasteiger partial charge in [0.05, 0.1) is 16.1 Å². The van der Waals surface area contributed by atoms with Crippen molar-refractivity contribution in [1.29, 1.82) is 0 Å². The van der Waals surface area contributed by atoms with Gasteiger partial charge in [0, 0.05) is 6.07 Å². The minimum absolute atomic E-state index is 0.0405. The maximum absolute atomic E-state index is 14.3. The van der Waals surface area contributed by atoms with Crippen LogP contribution in [0, 0.1) is 24.4 Å². The topological polar surface area (TPSA) is 55.4 Å². The summed E-state index contributed by atoms with van der Waals surface area (Å²) >= 11 is 0. The number of benzene rings is 3. The predicted molar refractivity (Wildman–Crippen MR) is 99.8 cm³/mol. The molecular formula is C20H13F6NO3S. The molecule has 0 aliphatic heterocycles. The van der Waals surface area contributed by atoms with Crippen molar-refractivity contribution in [2.75, 3.05) is 4.72 Å². The molecule has 0 atom stereocenters. The molecule has 0 bridgehead atoms. The second-order valence-corrected chi connectivity index (χ2v) is 8.11. The minimum Gasteiger partial charge on any atom is -0.451 e. The molecule has 1 N–H and O–H groups in total. The van der Waals surface area contributed by atoms with E-state index in [2.05, 4.69) is 0 Å². The molecule has 164 valence electrons. The fourth-order valence-corrected chi connectivity index (χ4v) is 3.57. The summed E-state index contributed by atoms with van der Waals surface area (Å²) in [6.45, 7) is 1.75. The van der Waals surface area contributed by atoms with Gasteiger partial charge in [-0.25, -0.2) is 21.6 Å². The van der Waals surface area contributed by atoms with Gasteiger partial charge in [0.2, 0.25) is 0 Å². The average Bonchev–Trinajstić information content (AvgIpc) is 2.66. The van der Waals surface area contributed by atoms with Crippen molar-refractivity contribution in [2.45, 2.75) is 18.0 Å². The van der Waals surface area contributed by atoms with Crippen LogP contribution in [0.3, 0.4) is 0 Å². The van der Waals surface area contributed by atoms with Gasteiger partial charge in [-0.15, -0.1) is 0 Å². The van der Waals surface area contributed by atoms with Gasteiger partial charge in [-0.05, 0) is 43.3 Å². The highest BCUT2D eigenvalue weighted by Crippen LogP contribution is 2.36. The van der Waals surface area contributed by atoms with Crippen molar-refractivity contribution < 1.29 is 39.5 Å². The first-order valence-electron chi connectivity index (χ1n) is 8.50. The molecule has 0 aliphatic carbocycles. The lowest BCUT2D eigenvalue weighted by molar-refractivity contribution is -0.138. The second-order valence-electron chi connectivity index (χ2n) is 6.43. The lowest BCUT2D eigenvalue weighted by Gasteiger charge is -2.13. The molecule has 0 heterocycles. The van der Waals surface area contributed by atoms with Crippen LogP contribution in [0.1, 0.15) is 11.1 Å². The van der Waals surface area contributed by atoms with Crippen LogP contribution in [-0.2, 0) is 16.2 Å². The third kappa shape index (κ3) is 5.10. The third-order valence-corrected chi connectivity index (χ3v) is 5.44. The molecular weight excluding hydrogens is 448 g/mol. The van der Waals surface area contributed by atoms with E-state index in [0.29, 0.717) is 6.07 Å². The van der Waals surface area contributed by atoms with Crippen molar-refractivity contribution in [3.05, 3.63) is 83.2 Å². The molecule has 4 nitrogen and oxygen atoms in total. The Balaban J connectivity index is 1.84. The summed E-state index contributed by atoms with van der Waals surface area (Å²) in [6.07, 6.45) is -4.97. The maximum atomic E-state index is 14.3. The van der Waals surface area contributed by atoms with E-state index < -0.39 is 56.4 Å². The Labute approximate surface area is 173 Å². The summed E-state index contributed by atoms with van der Waals surface area (Å²) in [4.78, 5) is -0.119. The van der Waals surface area contributed by atoms with Crippen LogP contribution in [0.2, 0.25) is 0 Å². The van der Waals surface area contributed by atoms with Gasteiger partial charge in [0.15, 0.2) is 23.2 Å². The minimum atomic E-state index is -4.97. The SMILES string of the molecule is Cc1ccc(S(=O)(=O)Nc2ccc(Oc3c(F)cc(C(F)(F)F)cc3F)cc2F)cc1. The molecule has 0 radical (unpaired) electrons. The first-order chi connectivity index (χ1) is 14.4. The van der Waals surface area contributed by atoms with Crippen LogP contribution in [0.15, 0.2) is 59.5 Å². The van der Waals surface area contributed by atoms with Crippen LogP contribution >= 0.6 is 0 Å². The molecule has 3 aromatic carbocycles. The van der Waals surface area contributed by atoms with E-state index in [0.717, 1.165) is 17.7 Å². The highest BCUT2D eigenvalue weighted by molar-refractivity contribution is 7.92. The highest BCUT2D eigenvalue weighted by Gasteiger charge is 2.33. The van der Waals surface area contributed by atoms with Gasteiger partial charge in [0.1, 0.15) is 5.75 Å². The van der Waals surface area contributed by atoms with E-state index in [1.807, 2.05) is 4.72 Å². The molecule has 0 aromatic heterocycles. The van der Waals surface area contributed by atoms with Gasteiger partial charge < -0.3 is 4.74 Å². The second kappa shape index (κ2) is 8.14. The monoisotopic (exact) mass is 461 g/mol. The fourth-order valence-electron chi connectivity index (χ4n) is 2.50. The number of sulfonamides is 1. The molecule has 11 heteroatoms. The Kier molecular flexibility index (Phi) is 5.90. The molecule has 3 rings (SSSR count). The van der Waals surface area contributed by atoms with E-state index in [1.165, 1.54) is 12.1 Å². The Bertz CT molecular complexity index is 1200. The molecule has 0 amide bonds. The summed E-state index contributed by atoms with van der Waals surface area (Å²) in [5.74, 6) is -6.05. The third-order valence-electron chi connectivity index (χ3n) is 4.06. The molecule has 0 saturated carbocycles. The number of anilines is 1. The molecule has 0 saturated heterocycles. The zero-order valence-electron chi connectivity index (χ0n) is 15.6. The summed E-state index contributed by atoms with van der Waals surface area (Å²) in [6, 6.07) is 8.39. The normalized spacial score (nSPS) is 12.0. The lowest BCUT2D eigenvalue weighted by atomic mass is 10.2. The van der Waals surface area contributed by atoms with Crippen LogP contribution in [0.25, 0.3) is 0 Å².